The molecular formula is C18H28N2O5S. The molecule has 0 bridgehead atoms. The van der Waals surface area contributed by atoms with Crippen LogP contribution in [0.25, 0.3) is 0 Å². The average molecular weight is 384 g/mol. The Balaban J connectivity index is 1.79. The monoisotopic (exact) mass is 384 g/mol. The number of nitrogens with zero attached hydrogens (tertiary/aromatic N) is 2. The van der Waals surface area contributed by atoms with E-state index >= 15 is 0 Å². The van der Waals surface area contributed by atoms with E-state index in [0.29, 0.717) is 44.0 Å². The highest BCUT2D eigenvalue weighted by atomic mass is 32.2. The number of aryl methyl sites for hydroxylation is 1. The van der Waals surface area contributed by atoms with Crippen molar-refractivity contribution in [2.75, 3.05) is 59.0 Å². The van der Waals surface area contributed by atoms with Crippen molar-refractivity contribution < 1.29 is 22.7 Å². The molecule has 1 amide bonds. The van der Waals surface area contributed by atoms with Crippen LogP contribution >= 0.6 is 0 Å². The van der Waals surface area contributed by atoms with Gasteiger partial charge in [0, 0.05) is 45.4 Å². The molecule has 0 saturated carbocycles. The van der Waals surface area contributed by atoms with Crippen molar-refractivity contribution in [2.45, 2.75) is 12.8 Å². The predicted octanol–water partition coefficient (Wildman–Crippen LogP) is 0.825. The van der Waals surface area contributed by atoms with Gasteiger partial charge in [-0.05, 0) is 24.1 Å². The third-order valence-electron chi connectivity index (χ3n) is 4.58. The van der Waals surface area contributed by atoms with E-state index in [0.717, 1.165) is 18.7 Å². The number of benzene rings is 1. The van der Waals surface area contributed by atoms with Gasteiger partial charge in [0.25, 0.3) is 0 Å². The number of carbonyl (C=O) groups is 1. The first-order chi connectivity index (χ1) is 12.3. The van der Waals surface area contributed by atoms with Gasteiger partial charge in [0.1, 0.15) is 9.84 Å². The Labute approximate surface area is 155 Å². The summed E-state index contributed by atoms with van der Waals surface area (Å²) in [5, 5.41) is 0. The standard InChI is InChI=1S/C18H28N2O5S/c1-24-16-6-4-15(14-17(16)25-2)5-7-18(21)20-10-8-19(9-11-20)12-13-26(3,22)23/h4,6,14H,5,7-13H2,1-3H3. The van der Waals surface area contributed by atoms with Gasteiger partial charge in [-0.15, -0.1) is 0 Å². The van der Waals surface area contributed by atoms with Crippen molar-refractivity contribution >= 4 is 15.7 Å². The van der Waals surface area contributed by atoms with Gasteiger partial charge < -0.3 is 14.4 Å². The van der Waals surface area contributed by atoms with Crippen LogP contribution in [0.5, 0.6) is 11.5 Å². The Bertz CT molecular complexity index is 712. The minimum Gasteiger partial charge on any atom is -0.493 e. The molecule has 2 rings (SSSR count). The highest BCUT2D eigenvalue weighted by Gasteiger charge is 2.21. The summed E-state index contributed by atoms with van der Waals surface area (Å²) >= 11 is 0. The summed E-state index contributed by atoms with van der Waals surface area (Å²) in [6.07, 6.45) is 2.34. The molecule has 0 N–H and O–H groups in total. The maximum atomic E-state index is 12.4. The fourth-order valence-corrected chi connectivity index (χ4v) is 3.55. The Morgan fingerprint density at radius 1 is 1.08 bits per heavy atom. The lowest BCUT2D eigenvalue weighted by molar-refractivity contribution is -0.132. The minimum atomic E-state index is -2.94. The molecule has 1 fully saturated rings. The van der Waals surface area contributed by atoms with E-state index < -0.39 is 9.84 Å². The topological polar surface area (TPSA) is 76.2 Å². The Morgan fingerprint density at radius 3 is 2.31 bits per heavy atom. The van der Waals surface area contributed by atoms with Crippen LogP contribution < -0.4 is 9.47 Å². The molecule has 0 radical (unpaired) electrons. The third-order valence-corrected chi connectivity index (χ3v) is 5.50. The maximum Gasteiger partial charge on any atom is 0.222 e. The number of amides is 1. The summed E-state index contributed by atoms with van der Waals surface area (Å²) in [5.41, 5.74) is 1.03. The van der Waals surface area contributed by atoms with Gasteiger partial charge >= 0.3 is 0 Å². The van der Waals surface area contributed by atoms with Crippen LogP contribution in [-0.4, -0.2) is 83.1 Å². The molecule has 0 spiro atoms. The van der Waals surface area contributed by atoms with Crippen LogP contribution in [0.4, 0.5) is 0 Å². The Kier molecular flexibility index (Phi) is 7.28. The van der Waals surface area contributed by atoms with Crippen molar-refractivity contribution in [3.05, 3.63) is 23.8 Å². The Morgan fingerprint density at radius 2 is 1.73 bits per heavy atom. The van der Waals surface area contributed by atoms with Crippen molar-refractivity contribution in [1.82, 2.24) is 9.80 Å². The van der Waals surface area contributed by atoms with E-state index in [-0.39, 0.29) is 11.7 Å². The predicted molar refractivity (Wildman–Crippen MR) is 101 cm³/mol. The van der Waals surface area contributed by atoms with Crippen LogP contribution in [-0.2, 0) is 21.1 Å². The first-order valence-electron chi connectivity index (χ1n) is 8.71. The summed E-state index contributed by atoms with van der Waals surface area (Å²) in [5.74, 6) is 1.63. The van der Waals surface area contributed by atoms with Crippen LogP contribution in [0.2, 0.25) is 0 Å². The number of sulfone groups is 1. The van der Waals surface area contributed by atoms with Crippen molar-refractivity contribution in [3.8, 4) is 11.5 Å². The SMILES string of the molecule is COc1ccc(CCC(=O)N2CCN(CCS(C)(=O)=O)CC2)cc1OC. The summed E-state index contributed by atoms with van der Waals surface area (Å²) in [6, 6.07) is 5.69. The fraction of sp³-hybridized carbons (Fsp3) is 0.611. The molecule has 146 valence electrons. The smallest absolute Gasteiger partial charge is 0.222 e. The summed E-state index contributed by atoms with van der Waals surface area (Å²) in [6.45, 7) is 3.27. The number of ether oxygens (including phenoxy) is 2. The molecule has 0 atom stereocenters. The first kappa shape index (κ1) is 20.5. The zero-order valence-electron chi connectivity index (χ0n) is 15.7. The van der Waals surface area contributed by atoms with E-state index in [1.54, 1.807) is 14.2 Å². The number of carbonyl (C=O) groups excluding carboxylic acids is 1. The molecule has 1 heterocycles. The zero-order valence-corrected chi connectivity index (χ0v) is 16.5. The van der Waals surface area contributed by atoms with Crippen LogP contribution in [0, 0.1) is 0 Å². The van der Waals surface area contributed by atoms with Gasteiger partial charge in [-0.2, -0.15) is 0 Å². The highest BCUT2D eigenvalue weighted by Crippen LogP contribution is 2.28. The zero-order chi connectivity index (χ0) is 19.2. The molecule has 0 aliphatic carbocycles. The van der Waals surface area contributed by atoms with Crippen molar-refractivity contribution in [3.63, 3.8) is 0 Å². The normalized spacial score (nSPS) is 15.7. The number of piperazine rings is 1. The summed E-state index contributed by atoms with van der Waals surface area (Å²) in [7, 11) is 0.242. The minimum absolute atomic E-state index is 0.127. The molecule has 0 aromatic heterocycles. The van der Waals surface area contributed by atoms with E-state index in [1.165, 1.54) is 6.26 Å². The van der Waals surface area contributed by atoms with Gasteiger partial charge in [0.05, 0.1) is 20.0 Å². The molecule has 26 heavy (non-hydrogen) atoms. The molecule has 1 aliphatic heterocycles. The lowest BCUT2D eigenvalue weighted by atomic mass is 10.1. The molecule has 1 aliphatic rings. The van der Waals surface area contributed by atoms with Crippen LogP contribution in [0.15, 0.2) is 18.2 Å². The molecule has 8 heteroatoms. The van der Waals surface area contributed by atoms with Gasteiger partial charge in [0.2, 0.25) is 5.91 Å². The number of hydrogen-bond donors (Lipinski definition) is 0. The molecule has 0 unspecified atom stereocenters. The highest BCUT2D eigenvalue weighted by molar-refractivity contribution is 7.90. The van der Waals surface area contributed by atoms with Gasteiger partial charge in [-0.25, -0.2) is 8.42 Å². The van der Waals surface area contributed by atoms with E-state index in [4.69, 9.17) is 9.47 Å². The summed E-state index contributed by atoms with van der Waals surface area (Å²) < 4.78 is 33.0. The molecular weight excluding hydrogens is 356 g/mol. The molecule has 7 nitrogen and oxygen atoms in total. The number of hydrogen-bond acceptors (Lipinski definition) is 6. The van der Waals surface area contributed by atoms with E-state index in [2.05, 4.69) is 4.90 Å². The number of rotatable bonds is 8. The second-order valence-electron chi connectivity index (χ2n) is 6.54. The van der Waals surface area contributed by atoms with Gasteiger partial charge in [-0.3, -0.25) is 9.69 Å². The lowest BCUT2D eigenvalue weighted by Gasteiger charge is -2.34. The number of methoxy groups -OCH3 is 2. The second-order valence-corrected chi connectivity index (χ2v) is 8.80. The Hall–Kier alpha value is -1.80. The molecule has 1 aromatic carbocycles. The lowest BCUT2D eigenvalue weighted by Crippen LogP contribution is -2.49. The van der Waals surface area contributed by atoms with Crippen LogP contribution in [0.1, 0.15) is 12.0 Å². The average Bonchev–Trinajstić information content (AvgIpc) is 2.64. The maximum absolute atomic E-state index is 12.4. The van der Waals surface area contributed by atoms with E-state index in [1.807, 2.05) is 23.1 Å². The second kappa shape index (κ2) is 9.23. The van der Waals surface area contributed by atoms with Crippen LogP contribution in [0.3, 0.4) is 0 Å². The first-order valence-corrected chi connectivity index (χ1v) is 10.8. The quantitative estimate of drug-likeness (QED) is 0.661. The van der Waals surface area contributed by atoms with E-state index in [9.17, 15) is 13.2 Å². The van der Waals surface area contributed by atoms with Gasteiger partial charge in [0.15, 0.2) is 11.5 Å². The molecule has 1 aromatic rings. The molecule has 1 saturated heterocycles. The fourth-order valence-electron chi connectivity index (χ4n) is 2.96. The third kappa shape index (κ3) is 6.17. The largest absolute Gasteiger partial charge is 0.493 e. The van der Waals surface area contributed by atoms with Gasteiger partial charge in [-0.1, -0.05) is 6.07 Å². The van der Waals surface area contributed by atoms with Crippen molar-refractivity contribution in [1.29, 1.82) is 0 Å². The van der Waals surface area contributed by atoms with Crippen molar-refractivity contribution in [2.24, 2.45) is 0 Å². The summed E-state index contributed by atoms with van der Waals surface area (Å²) in [4.78, 5) is 16.4.